The molecule has 0 aromatic carbocycles. The summed E-state index contributed by atoms with van der Waals surface area (Å²) >= 11 is 0. The minimum atomic E-state index is -3.74. The molecule has 0 aliphatic heterocycles. The van der Waals surface area contributed by atoms with Crippen molar-refractivity contribution in [2.75, 3.05) is 5.73 Å². The first-order valence-electron chi connectivity index (χ1n) is 3.81. The van der Waals surface area contributed by atoms with Gasteiger partial charge in [0.2, 0.25) is 10.0 Å². The van der Waals surface area contributed by atoms with Gasteiger partial charge in [0.05, 0.1) is 6.20 Å². The molecule has 0 aliphatic rings. The van der Waals surface area contributed by atoms with Gasteiger partial charge < -0.3 is 5.73 Å². The highest BCUT2D eigenvalue weighted by Crippen LogP contribution is 2.15. The van der Waals surface area contributed by atoms with E-state index in [1.807, 2.05) is 6.92 Å². The van der Waals surface area contributed by atoms with E-state index in [-0.39, 0.29) is 10.7 Å². The van der Waals surface area contributed by atoms with Crippen LogP contribution >= 0.6 is 0 Å². The molecule has 1 aromatic heterocycles. The minimum Gasteiger partial charge on any atom is -0.383 e. The number of aryl methyl sites for hydroxylation is 1. The predicted octanol–water partition coefficient (Wildman–Crippen LogP) is -0.477. The molecule has 0 unspecified atom stereocenters. The Balaban J connectivity index is 3.14. The number of hydrogen-bond donors (Lipinski definition) is 2. The van der Waals surface area contributed by atoms with Crippen LogP contribution in [-0.4, -0.2) is 18.2 Å². The zero-order valence-corrected chi connectivity index (χ0v) is 8.08. The van der Waals surface area contributed by atoms with Crippen LogP contribution in [0.2, 0.25) is 0 Å². The number of aromatic nitrogens is 2. The van der Waals surface area contributed by atoms with E-state index in [0.29, 0.717) is 6.54 Å². The molecule has 13 heavy (non-hydrogen) atoms. The van der Waals surface area contributed by atoms with Crippen LogP contribution < -0.4 is 10.9 Å². The predicted molar refractivity (Wildman–Crippen MR) is 48.3 cm³/mol. The molecule has 0 aliphatic carbocycles. The summed E-state index contributed by atoms with van der Waals surface area (Å²) in [6, 6.07) is 0. The van der Waals surface area contributed by atoms with Crippen molar-refractivity contribution >= 4 is 15.8 Å². The van der Waals surface area contributed by atoms with Crippen LogP contribution in [0.15, 0.2) is 11.1 Å². The fourth-order valence-electron chi connectivity index (χ4n) is 0.987. The molecule has 6 nitrogen and oxygen atoms in total. The summed E-state index contributed by atoms with van der Waals surface area (Å²) in [6.07, 6.45) is 2.00. The van der Waals surface area contributed by atoms with Gasteiger partial charge in [0.1, 0.15) is 10.7 Å². The lowest BCUT2D eigenvalue weighted by molar-refractivity contribution is 0.596. The average Bonchev–Trinajstić information content (AvgIpc) is 2.32. The Morgan fingerprint density at radius 2 is 2.23 bits per heavy atom. The fourth-order valence-corrected chi connectivity index (χ4v) is 1.58. The Hall–Kier alpha value is -1.08. The maximum absolute atomic E-state index is 10.9. The van der Waals surface area contributed by atoms with Gasteiger partial charge in [0.25, 0.3) is 0 Å². The standard InChI is InChI=1S/C6H12N4O2S/c1-2-3-10-6(7)5(4-9-10)13(8,11)12/h4H,2-3,7H2,1H3,(H2,8,11,12). The van der Waals surface area contributed by atoms with Crippen LogP contribution in [0.1, 0.15) is 13.3 Å². The number of nitrogens with zero attached hydrogens (tertiary/aromatic N) is 2. The van der Waals surface area contributed by atoms with Gasteiger partial charge >= 0.3 is 0 Å². The van der Waals surface area contributed by atoms with Crippen molar-refractivity contribution in [1.82, 2.24) is 9.78 Å². The summed E-state index contributed by atoms with van der Waals surface area (Å²) in [6.45, 7) is 2.53. The average molecular weight is 204 g/mol. The van der Waals surface area contributed by atoms with E-state index in [2.05, 4.69) is 5.10 Å². The maximum Gasteiger partial charge on any atom is 0.243 e. The van der Waals surface area contributed by atoms with Crippen LogP contribution in [0.5, 0.6) is 0 Å². The molecular formula is C6H12N4O2S. The van der Waals surface area contributed by atoms with Gasteiger partial charge in [0, 0.05) is 6.54 Å². The number of primary sulfonamides is 1. The first-order valence-corrected chi connectivity index (χ1v) is 5.35. The zero-order valence-electron chi connectivity index (χ0n) is 7.27. The third kappa shape index (κ3) is 1.99. The van der Waals surface area contributed by atoms with Gasteiger partial charge in [-0.2, -0.15) is 5.10 Å². The van der Waals surface area contributed by atoms with Crippen LogP contribution in [0.4, 0.5) is 5.82 Å². The fraction of sp³-hybridized carbons (Fsp3) is 0.500. The van der Waals surface area contributed by atoms with Crippen molar-refractivity contribution in [3.05, 3.63) is 6.20 Å². The highest BCUT2D eigenvalue weighted by atomic mass is 32.2. The molecule has 0 atom stereocenters. The number of anilines is 1. The van der Waals surface area contributed by atoms with Gasteiger partial charge in [-0.3, -0.25) is 0 Å². The molecule has 1 aromatic rings. The lowest BCUT2D eigenvalue weighted by atomic mass is 10.5. The van der Waals surface area contributed by atoms with Crippen molar-refractivity contribution in [2.24, 2.45) is 5.14 Å². The van der Waals surface area contributed by atoms with E-state index in [9.17, 15) is 8.42 Å². The summed E-state index contributed by atoms with van der Waals surface area (Å²) in [5.41, 5.74) is 5.52. The quantitative estimate of drug-likeness (QED) is 0.694. The highest BCUT2D eigenvalue weighted by molar-refractivity contribution is 7.89. The largest absolute Gasteiger partial charge is 0.383 e. The molecule has 7 heteroatoms. The van der Waals surface area contributed by atoms with Crippen molar-refractivity contribution in [3.63, 3.8) is 0 Å². The molecule has 0 radical (unpaired) electrons. The molecule has 0 spiro atoms. The smallest absolute Gasteiger partial charge is 0.243 e. The molecule has 0 fully saturated rings. The lowest BCUT2D eigenvalue weighted by Gasteiger charge is -2.01. The van der Waals surface area contributed by atoms with Crippen LogP contribution in [0.3, 0.4) is 0 Å². The van der Waals surface area contributed by atoms with Gasteiger partial charge in [0.15, 0.2) is 0 Å². The second kappa shape index (κ2) is 3.35. The first-order chi connectivity index (χ1) is 5.96. The van der Waals surface area contributed by atoms with Crippen LogP contribution in [0, 0.1) is 0 Å². The Kier molecular flexibility index (Phi) is 2.58. The van der Waals surface area contributed by atoms with Gasteiger partial charge in [-0.25, -0.2) is 18.2 Å². The zero-order chi connectivity index (χ0) is 10.1. The SMILES string of the molecule is CCCn1ncc(S(N)(=O)=O)c1N. The lowest BCUT2D eigenvalue weighted by Crippen LogP contribution is -2.14. The summed E-state index contributed by atoms with van der Waals surface area (Å²) in [5, 5.41) is 8.71. The van der Waals surface area contributed by atoms with E-state index in [1.165, 1.54) is 10.9 Å². The number of nitrogens with two attached hydrogens (primary N) is 2. The summed E-state index contributed by atoms with van der Waals surface area (Å²) in [4.78, 5) is -0.110. The topological polar surface area (TPSA) is 104 Å². The number of rotatable bonds is 3. The van der Waals surface area contributed by atoms with Crippen molar-refractivity contribution < 1.29 is 8.42 Å². The first kappa shape index (κ1) is 10.0. The third-order valence-electron chi connectivity index (χ3n) is 1.59. The maximum atomic E-state index is 10.9. The Morgan fingerprint density at radius 3 is 2.62 bits per heavy atom. The minimum absolute atomic E-state index is 0.101. The second-order valence-electron chi connectivity index (χ2n) is 2.66. The normalized spacial score (nSPS) is 11.8. The van der Waals surface area contributed by atoms with Crippen molar-refractivity contribution in [3.8, 4) is 0 Å². The molecular weight excluding hydrogens is 192 g/mol. The van der Waals surface area contributed by atoms with Crippen LogP contribution in [0.25, 0.3) is 0 Å². The molecule has 74 valence electrons. The Labute approximate surface area is 76.6 Å². The van der Waals surface area contributed by atoms with E-state index in [1.54, 1.807) is 0 Å². The van der Waals surface area contributed by atoms with Gasteiger partial charge in [-0.15, -0.1) is 0 Å². The Morgan fingerprint density at radius 1 is 1.62 bits per heavy atom. The third-order valence-corrected chi connectivity index (χ3v) is 2.51. The Bertz CT molecular complexity index is 395. The molecule has 4 N–H and O–H groups in total. The van der Waals surface area contributed by atoms with E-state index in [4.69, 9.17) is 10.9 Å². The summed E-state index contributed by atoms with van der Waals surface area (Å²) in [5.74, 6) is 0.101. The molecule has 1 heterocycles. The van der Waals surface area contributed by atoms with E-state index >= 15 is 0 Å². The number of sulfonamides is 1. The molecule has 0 bridgehead atoms. The van der Waals surface area contributed by atoms with Crippen molar-refractivity contribution in [2.45, 2.75) is 24.8 Å². The van der Waals surface area contributed by atoms with E-state index in [0.717, 1.165) is 6.42 Å². The molecule has 1 rings (SSSR count). The highest BCUT2D eigenvalue weighted by Gasteiger charge is 2.16. The number of hydrogen-bond acceptors (Lipinski definition) is 4. The molecule has 0 amide bonds. The molecule has 0 saturated heterocycles. The van der Waals surface area contributed by atoms with Gasteiger partial charge in [-0.05, 0) is 6.42 Å². The summed E-state index contributed by atoms with van der Waals surface area (Å²) < 4.78 is 23.2. The van der Waals surface area contributed by atoms with E-state index < -0.39 is 10.0 Å². The molecule has 0 saturated carbocycles. The second-order valence-corrected chi connectivity index (χ2v) is 4.19. The van der Waals surface area contributed by atoms with Crippen molar-refractivity contribution in [1.29, 1.82) is 0 Å². The summed E-state index contributed by atoms with van der Waals surface area (Å²) in [7, 11) is -3.74. The number of nitrogen functional groups attached to an aromatic ring is 1. The monoisotopic (exact) mass is 204 g/mol. The van der Waals surface area contributed by atoms with Gasteiger partial charge in [-0.1, -0.05) is 6.92 Å². The van der Waals surface area contributed by atoms with Crippen LogP contribution in [-0.2, 0) is 16.6 Å².